The Hall–Kier alpha value is -1.81. The van der Waals surface area contributed by atoms with Crippen molar-refractivity contribution in [3.05, 3.63) is 42.7 Å². The van der Waals surface area contributed by atoms with E-state index in [2.05, 4.69) is 45.0 Å². The number of anilines is 2. The second-order valence-electron chi connectivity index (χ2n) is 5.86. The first-order valence-electron chi connectivity index (χ1n) is 7.90. The first-order valence-corrected chi connectivity index (χ1v) is 7.90. The van der Waals surface area contributed by atoms with E-state index in [9.17, 15) is 0 Å². The van der Waals surface area contributed by atoms with Gasteiger partial charge in [-0.25, -0.2) is 4.98 Å². The molecular formula is C17H24N4. The lowest BCUT2D eigenvalue weighted by molar-refractivity contribution is 0.202. The van der Waals surface area contributed by atoms with Gasteiger partial charge in [0, 0.05) is 30.7 Å². The fourth-order valence-corrected chi connectivity index (χ4v) is 3.02. The Balaban J connectivity index is 1.66. The fraction of sp³-hybridized carbons (Fsp3) is 0.471. The molecule has 21 heavy (non-hydrogen) atoms. The molecule has 1 atom stereocenters. The third kappa shape index (κ3) is 3.64. The molecule has 0 radical (unpaired) electrons. The Morgan fingerprint density at radius 2 is 1.90 bits per heavy atom. The molecule has 4 heteroatoms. The van der Waals surface area contributed by atoms with Crippen LogP contribution in [0.4, 0.5) is 11.6 Å². The molecule has 1 saturated heterocycles. The lowest BCUT2D eigenvalue weighted by Crippen LogP contribution is -2.34. The van der Waals surface area contributed by atoms with Crippen LogP contribution in [0.5, 0.6) is 0 Å². The highest BCUT2D eigenvalue weighted by Crippen LogP contribution is 2.20. The van der Waals surface area contributed by atoms with Crippen molar-refractivity contribution in [3.63, 3.8) is 0 Å². The van der Waals surface area contributed by atoms with Gasteiger partial charge in [-0.05, 0) is 45.0 Å². The highest BCUT2D eigenvalue weighted by Gasteiger charge is 2.16. The van der Waals surface area contributed by atoms with Gasteiger partial charge in [0.1, 0.15) is 0 Å². The van der Waals surface area contributed by atoms with Crippen molar-refractivity contribution in [2.45, 2.75) is 32.2 Å². The molecule has 1 aromatic carbocycles. The molecule has 1 fully saturated rings. The molecule has 2 heterocycles. The van der Waals surface area contributed by atoms with Crippen LogP contribution in [-0.4, -0.2) is 34.1 Å². The average molecular weight is 284 g/mol. The number of aromatic nitrogens is 2. The maximum Gasteiger partial charge on any atom is 0.207 e. The summed E-state index contributed by atoms with van der Waals surface area (Å²) in [5.74, 6) is 0.922. The van der Waals surface area contributed by atoms with E-state index in [1.165, 1.54) is 32.4 Å². The van der Waals surface area contributed by atoms with Gasteiger partial charge in [0.2, 0.25) is 5.95 Å². The van der Waals surface area contributed by atoms with Crippen LogP contribution in [0, 0.1) is 0 Å². The van der Waals surface area contributed by atoms with Crippen molar-refractivity contribution < 1.29 is 0 Å². The second kappa shape index (κ2) is 6.76. The van der Waals surface area contributed by atoms with E-state index >= 15 is 0 Å². The smallest absolute Gasteiger partial charge is 0.207 e. The lowest BCUT2D eigenvalue weighted by atomic mass is 10.1. The molecule has 1 aromatic heterocycles. The number of piperidine rings is 1. The summed E-state index contributed by atoms with van der Waals surface area (Å²) >= 11 is 0. The van der Waals surface area contributed by atoms with Gasteiger partial charge in [0.05, 0.1) is 0 Å². The van der Waals surface area contributed by atoms with Crippen LogP contribution < -0.4 is 5.32 Å². The zero-order chi connectivity index (χ0) is 14.5. The topological polar surface area (TPSA) is 33.1 Å². The molecule has 0 bridgehead atoms. The van der Waals surface area contributed by atoms with Crippen molar-refractivity contribution in [1.29, 1.82) is 0 Å². The Bertz CT molecular complexity index is 543. The molecule has 0 amide bonds. The van der Waals surface area contributed by atoms with Gasteiger partial charge < -0.3 is 14.8 Å². The molecular weight excluding hydrogens is 260 g/mol. The van der Waals surface area contributed by atoms with Gasteiger partial charge in [0.15, 0.2) is 0 Å². The monoisotopic (exact) mass is 284 g/mol. The van der Waals surface area contributed by atoms with Crippen LogP contribution in [0.1, 0.15) is 32.2 Å². The minimum atomic E-state index is 0.428. The minimum Gasteiger partial charge on any atom is -0.326 e. The predicted octanol–water partition coefficient (Wildman–Crippen LogP) is 3.67. The summed E-state index contributed by atoms with van der Waals surface area (Å²) in [6, 6.07) is 10.6. The quantitative estimate of drug-likeness (QED) is 0.909. The minimum absolute atomic E-state index is 0.428. The van der Waals surface area contributed by atoms with Gasteiger partial charge in [-0.3, -0.25) is 0 Å². The number of nitrogens with zero attached hydrogens (tertiary/aromatic N) is 3. The molecule has 1 unspecified atom stereocenters. The van der Waals surface area contributed by atoms with E-state index in [4.69, 9.17) is 0 Å². The standard InChI is InChI=1S/C17H24N4/c1-15(14-20-11-6-3-7-12-20)21-13-10-18-17(21)19-16-8-4-2-5-9-16/h2,4-5,8-10,13,15H,3,6-7,11-12,14H2,1H3,(H,18,19). The van der Waals surface area contributed by atoms with Gasteiger partial charge in [-0.15, -0.1) is 0 Å². The van der Waals surface area contributed by atoms with E-state index in [1.807, 2.05) is 24.4 Å². The highest BCUT2D eigenvalue weighted by molar-refractivity contribution is 5.53. The maximum absolute atomic E-state index is 4.46. The molecule has 1 N–H and O–H groups in total. The normalized spacial score (nSPS) is 17.6. The molecule has 0 aliphatic carbocycles. The molecule has 1 aliphatic heterocycles. The number of para-hydroxylation sites is 1. The first-order chi connectivity index (χ1) is 10.3. The van der Waals surface area contributed by atoms with Crippen LogP contribution in [0.3, 0.4) is 0 Å². The molecule has 112 valence electrons. The van der Waals surface area contributed by atoms with Crippen molar-refractivity contribution in [1.82, 2.24) is 14.5 Å². The molecule has 3 rings (SSSR count). The van der Waals surface area contributed by atoms with E-state index in [0.717, 1.165) is 18.2 Å². The van der Waals surface area contributed by atoms with Gasteiger partial charge in [0.25, 0.3) is 0 Å². The van der Waals surface area contributed by atoms with E-state index in [0.29, 0.717) is 6.04 Å². The second-order valence-corrected chi connectivity index (χ2v) is 5.86. The summed E-state index contributed by atoms with van der Waals surface area (Å²) in [4.78, 5) is 7.03. The molecule has 2 aromatic rings. The van der Waals surface area contributed by atoms with Crippen molar-refractivity contribution in [3.8, 4) is 0 Å². The maximum atomic E-state index is 4.46. The van der Waals surface area contributed by atoms with E-state index < -0.39 is 0 Å². The van der Waals surface area contributed by atoms with Crippen LogP contribution in [0.2, 0.25) is 0 Å². The zero-order valence-corrected chi connectivity index (χ0v) is 12.7. The molecule has 0 spiro atoms. The molecule has 4 nitrogen and oxygen atoms in total. The summed E-state index contributed by atoms with van der Waals surface area (Å²) in [5.41, 5.74) is 1.08. The van der Waals surface area contributed by atoms with Crippen LogP contribution in [0.15, 0.2) is 42.7 Å². The zero-order valence-electron chi connectivity index (χ0n) is 12.7. The number of likely N-dealkylation sites (tertiary alicyclic amines) is 1. The van der Waals surface area contributed by atoms with Crippen LogP contribution in [0.25, 0.3) is 0 Å². The SMILES string of the molecule is CC(CN1CCCCC1)n1ccnc1Nc1ccccc1. The van der Waals surface area contributed by atoms with Crippen LogP contribution in [-0.2, 0) is 0 Å². The summed E-state index contributed by atoms with van der Waals surface area (Å²) < 4.78 is 2.24. The van der Waals surface area contributed by atoms with Gasteiger partial charge in [-0.1, -0.05) is 24.6 Å². The Morgan fingerprint density at radius 1 is 1.14 bits per heavy atom. The Labute approximate surface area is 126 Å². The lowest BCUT2D eigenvalue weighted by Gasteiger charge is -2.30. The summed E-state index contributed by atoms with van der Waals surface area (Å²) in [7, 11) is 0. The number of hydrogen-bond acceptors (Lipinski definition) is 3. The first kappa shape index (κ1) is 14.1. The van der Waals surface area contributed by atoms with Gasteiger partial charge >= 0.3 is 0 Å². The number of benzene rings is 1. The summed E-state index contributed by atoms with van der Waals surface area (Å²) in [6.45, 7) is 5.84. The predicted molar refractivity (Wildman–Crippen MR) is 87.0 cm³/mol. The van der Waals surface area contributed by atoms with Crippen molar-refractivity contribution >= 4 is 11.6 Å². The van der Waals surface area contributed by atoms with Gasteiger partial charge in [-0.2, -0.15) is 0 Å². The van der Waals surface area contributed by atoms with Crippen LogP contribution >= 0.6 is 0 Å². The fourth-order valence-electron chi connectivity index (χ4n) is 3.02. The largest absolute Gasteiger partial charge is 0.326 e. The van der Waals surface area contributed by atoms with E-state index in [1.54, 1.807) is 0 Å². The average Bonchev–Trinajstić information content (AvgIpc) is 2.97. The summed E-state index contributed by atoms with van der Waals surface area (Å²) in [6.07, 6.45) is 8.01. The number of imidazole rings is 1. The highest BCUT2D eigenvalue weighted by atomic mass is 15.2. The molecule has 0 saturated carbocycles. The van der Waals surface area contributed by atoms with Crippen molar-refractivity contribution in [2.75, 3.05) is 25.0 Å². The molecule has 1 aliphatic rings. The van der Waals surface area contributed by atoms with E-state index in [-0.39, 0.29) is 0 Å². The number of hydrogen-bond donors (Lipinski definition) is 1. The Morgan fingerprint density at radius 3 is 2.67 bits per heavy atom. The third-order valence-electron chi connectivity index (χ3n) is 4.14. The number of rotatable bonds is 5. The Kier molecular flexibility index (Phi) is 4.55. The number of nitrogens with one attached hydrogen (secondary N) is 1. The summed E-state index contributed by atoms with van der Waals surface area (Å²) in [5, 5.41) is 3.40. The van der Waals surface area contributed by atoms with Crippen molar-refractivity contribution in [2.24, 2.45) is 0 Å². The third-order valence-corrected chi connectivity index (χ3v) is 4.14.